The Morgan fingerprint density at radius 2 is 1.90 bits per heavy atom. The van der Waals surface area contributed by atoms with E-state index in [-0.39, 0.29) is 22.5 Å². The van der Waals surface area contributed by atoms with Crippen LogP contribution in [0.2, 0.25) is 0 Å². The fourth-order valence-corrected chi connectivity index (χ4v) is 5.94. The van der Waals surface area contributed by atoms with Crippen LogP contribution in [0.1, 0.15) is 82.4 Å². The lowest BCUT2D eigenvalue weighted by molar-refractivity contribution is -0.148. The molecular weight excluding hydrogens is 634 g/mol. The van der Waals surface area contributed by atoms with Crippen LogP contribution in [-0.4, -0.2) is 89.2 Å². The second-order valence-electron chi connectivity index (χ2n) is 14.1. The quantitative estimate of drug-likeness (QED) is 0.175. The number of pyridine rings is 1. The largest absolute Gasteiger partial charge is 0.457 e. The molecule has 260 valence electrons. The van der Waals surface area contributed by atoms with E-state index in [1.54, 1.807) is 26.8 Å². The fraction of sp³-hybridized carbons (Fsp3) is 0.529. The lowest BCUT2D eigenvalue weighted by Gasteiger charge is -2.34. The van der Waals surface area contributed by atoms with E-state index in [0.29, 0.717) is 49.0 Å². The molecule has 1 fully saturated rings. The molecule has 48 heavy (non-hydrogen) atoms. The van der Waals surface area contributed by atoms with Gasteiger partial charge < -0.3 is 24.6 Å². The number of fused-ring (bicyclic) bond motifs is 1. The Balaban J connectivity index is 1.63. The molecule has 3 aromatic heterocycles. The molecule has 0 spiro atoms. The first kappa shape index (κ1) is 36.5. The minimum absolute atomic E-state index is 0.159. The van der Waals surface area contributed by atoms with Gasteiger partial charge in [0, 0.05) is 41.7 Å². The molecule has 0 saturated carbocycles. The average molecular weight is 682 g/mol. The minimum Gasteiger partial charge on any atom is -0.457 e. The molecule has 1 aliphatic heterocycles. The van der Waals surface area contributed by atoms with Crippen molar-refractivity contribution in [3.8, 4) is 0 Å². The number of anilines is 2. The maximum atomic E-state index is 13.9. The van der Waals surface area contributed by atoms with Crippen molar-refractivity contribution in [3.05, 3.63) is 57.0 Å². The summed E-state index contributed by atoms with van der Waals surface area (Å²) in [6, 6.07) is 3.08. The molecule has 4 rings (SSSR count). The van der Waals surface area contributed by atoms with Gasteiger partial charge in [-0.1, -0.05) is 20.8 Å². The molecule has 1 saturated heterocycles. The highest BCUT2D eigenvalue weighted by Crippen LogP contribution is 2.27. The van der Waals surface area contributed by atoms with Crippen molar-refractivity contribution in [2.75, 3.05) is 50.5 Å². The van der Waals surface area contributed by atoms with Crippen LogP contribution in [0, 0.1) is 0 Å². The van der Waals surface area contributed by atoms with E-state index in [4.69, 9.17) is 14.5 Å². The van der Waals surface area contributed by atoms with Gasteiger partial charge in [0.25, 0.3) is 11.5 Å². The summed E-state index contributed by atoms with van der Waals surface area (Å²) in [5.74, 6) is -0.681. The SMILES string of the molecule is CN(C)CCCNC(=O)O[C@@H]1CCCN(c2nc3cc(C(=O)Nc4nc(C(C)(C)C)cs4)ccn3c(=O)c2C=CC(=O)OC(C)(C)C)C1. The van der Waals surface area contributed by atoms with Crippen molar-refractivity contribution in [3.63, 3.8) is 0 Å². The number of hydrogen-bond donors (Lipinski definition) is 2. The molecule has 3 aromatic rings. The minimum atomic E-state index is -0.713. The van der Waals surface area contributed by atoms with Gasteiger partial charge in [-0.05, 0) is 78.9 Å². The van der Waals surface area contributed by atoms with Gasteiger partial charge in [-0.25, -0.2) is 19.6 Å². The number of nitrogens with zero attached hydrogens (tertiary/aromatic N) is 5. The van der Waals surface area contributed by atoms with Crippen molar-refractivity contribution in [1.29, 1.82) is 0 Å². The van der Waals surface area contributed by atoms with Crippen LogP contribution in [0.3, 0.4) is 0 Å². The van der Waals surface area contributed by atoms with Gasteiger partial charge in [-0.2, -0.15) is 0 Å². The average Bonchev–Trinajstić information content (AvgIpc) is 3.47. The molecule has 13 nitrogen and oxygen atoms in total. The van der Waals surface area contributed by atoms with Crippen LogP contribution in [0.5, 0.6) is 0 Å². The van der Waals surface area contributed by atoms with Crippen molar-refractivity contribution in [2.24, 2.45) is 0 Å². The van der Waals surface area contributed by atoms with E-state index < -0.39 is 29.3 Å². The third-order valence-electron chi connectivity index (χ3n) is 7.40. The summed E-state index contributed by atoms with van der Waals surface area (Å²) >= 11 is 1.34. The van der Waals surface area contributed by atoms with E-state index >= 15 is 0 Å². The monoisotopic (exact) mass is 681 g/mol. The van der Waals surface area contributed by atoms with E-state index in [1.165, 1.54) is 40.2 Å². The van der Waals surface area contributed by atoms with Crippen LogP contribution < -0.4 is 21.1 Å². The zero-order valence-corrected chi connectivity index (χ0v) is 29.9. The van der Waals surface area contributed by atoms with Crippen molar-refractivity contribution in [1.82, 2.24) is 24.6 Å². The Labute approximate surface area is 285 Å². The molecule has 0 aromatic carbocycles. The second kappa shape index (κ2) is 15.3. The van der Waals surface area contributed by atoms with Gasteiger partial charge in [-0.15, -0.1) is 11.3 Å². The third-order valence-corrected chi connectivity index (χ3v) is 8.15. The Morgan fingerprint density at radius 1 is 1.15 bits per heavy atom. The molecule has 0 aliphatic carbocycles. The summed E-state index contributed by atoms with van der Waals surface area (Å²) in [4.78, 5) is 65.5. The van der Waals surface area contributed by atoms with Gasteiger partial charge in [0.2, 0.25) is 0 Å². The number of hydrogen-bond acceptors (Lipinski definition) is 11. The lowest BCUT2D eigenvalue weighted by Crippen LogP contribution is -2.43. The first-order valence-electron chi connectivity index (χ1n) is 16.1. The number of piperidine rings is 1. The number of nitrogens with one attached hydrogen (secondary N) is 2. The summed E-state index contributed by atoms with van der Waals surface area (Å²) in [6.45, 7) is 13.6. The topological polar surface area (TPSA) is 147 Å². The lowest BCUT2D eigenvalue weighted by atomic mass is 9.93. The number of thiazole rings is 1. The standard InChI is InChI=1S/C34H47N7O6S/c1-33(2,3)25-21-48-31(36-25)38-29(43)22-14-18-41-26(19-22)37-28(24(30(41)44)12-13-27(42)47-34(4,5)6)40-17-9-11-23(20-40)46-32(45)35-15-10-16-39(7)8/h12-14,18-19,21,23H,9-11,15-17,20H2,1-8H3,(H,35,45)(H,36,38,43)/t23-/m1/s1. The molecule has 0 radical (unpaired) electrons. The van der Waals surface area contributed by atoms with Crippen molar-refractivity contribution >= 4 is 52.0 Å². The van der Waals surface area contributed by atoms with Crippen LogP contribution in [-0.2, 0) is 19.7 Å². The van der Waals surface area contributed by atoms with Crippen LogP contribution in [0.25, 0.3) is 11.7 Å². The van der Waals surface area contributed by atoms with Crippen LogP contribution >= 0.6 is 11.3 Å². The number of amides is 2. The summed E-state index contributed by atoms with van der Waals surface area (Å²) in [5, 5.41) is 8.03. The molecule has 0 bridgehead atoms. The maximum Gasteiger partial charge on any atom is 0.407 e. The van der Waals surface area contributed by atoms with Gasteiger partial charge >= 0.3 is 12.1 Å². The highest BCUT2D eigenvalue weighted by molar-refractivity contribution is 7.14. The Bertz CT molecular complexity index is 1720. The summed E-state index contributed by atoms with van der Waals surface area (Å²) in [7, 11) is 3.94. The summed E-state index contributed by atoms with van der Waals surface area (Å²) in [6.07, 6.45) is 5.28. The van der Waals surface area contributed by atoms with E-state index in [9.17, 15) is 19.2 Å². The van der Waals surface area contributed by atoms with Crippen LogP contribution in [0.15, 0.2) is 34.6 Å². The van der Waals surface area contributed by atoms with Crippen LogP contribution in [0.4, 0.5) is 15.7 Å². The first-order chi connectivity index (χ1) is 22.5. The second-order valence-corrected chi connectivity index (χ2v) is 15.0. The van der Waals surface area contributed by atoms with Gasteiger partial charge in [-0.3, -0.25) is 19.3 Å². The third kappa shape index (κ3) is 10.1. The first-order valence-corrected chi connectivity index (χ1v) is 17.0. The molecule has 4 heterocycles. The number of esters is 1. The number of aromatic nitrogens is 3. The molecular formula is C34H47N7O6S. The number of alkyl carbamates (subject to hydrolysis) is 1. The normalized spacial score (nSPS) is 15.6. The Morgan fingerprint density at radius 3 is 2.56 bits per heavy atom. The van der Waals surface area contributed by atoms with E-state index in [0.717, 1.165) is 18.7 Å². The Hall–Kier alpha value is -4.30. The molecule has 2 amide bonds. The molecule has 1 atom stereocenters. The summed E-state index contributed by atoms with van der Waals surface area (Å²) in [5.41, 5.74) is 0.275. The molecule has 14 heteroatoms. The number of rotatable bonds is 10. The number of ether oxygens (including phenoxy) is 2. The molecule has 0 unspecified atom stereocenters. The van der Waals surface area contributed by atoms with Gasteiger partial charge in [0.15, 0.2) is 5.13 Å². The number of carbonyl (C=O) groups excluding carboxylic acids is 3. The van der Waals surface area contributed by atoms with E-state index in [1.807, 2.05) is 50.0 Å². The maximum absolute atomic E-state index is 13.9. The number of carbonyl (C=O) groups is 3. The zero-order chi connectivity index (χ0) is 35.2. The zero-order valence-electron chi connectivity index (χ0n) is 29.1. The predicted octanol–water partition coefficient (Wildman–Crippen LogP) is 4.70. The molecule has 1 aliphatic rings. The van der Waals surface area contributed by atoms with Gasteiger partial charge in [0.1, 0.15) is 23.2 Å². The predicted molar refractivity (Wildman–Crippen MR) is 188 cm³/mol. The summed E-state index contributed by atoms with van der Waals surface area (Å²) < 4.78 is 12.5. The van der Waals surface area contributed by atoms with Crippen molar-refractivity contribution < 1.29 is 23.9 Å². The van der Waals surface area contributed by atoms with Gasteiger partial charge in [0.05, 0.1) is 17.8 Å². The fourth-order valence-electron chi connectivity index (χ4n) is 5.01. The van der Waals surface area contributed by atoms with Crippen molar-refractivity contribution in [2.45, 2.75) is 77.9 Å². The van der Waals surface area contributed by atoms with E-state index in [2.05, 4.69) is 15.6 Å². The Kier molecular flexibility index (Phi) is 11.6. The highest BCUT2D eigenvalue weighted by atomic mass is 32.1. The molecule has 2 N–H and O–H groups in total. The smallest absolute Gasteiger partial charge is 0.407 e. The highest BCUT2D eigenvalue weighted by Gasteiger charge is 2.27.